The van der Waals surface area contributed by atoms with Gasteiger partial charge in [0.15, 0.2) is 0 Å². The minimum atomic E-state index is -2.72. The molecule has 0 saturated carbocycles. The molecule has 0 heterocycles. The lowest BCUT2D eigenvalue weighted by Crippen LogP contribution is -2.46. The van der Waals surface area contributed by atoms with Gasteiger partial charge < -0.3 is 13.3 Å². The SMILES string of the molecule is CCCCO[Si](CCCSC(=O)C(C)=O)(OCCCC)OCCCC. The summed E-state index contributed by atoms with van der Waals surface area (Å²) in [5.41, 5.74) is 0. The number of Topliss-reactive ketones (excluding diaryl/α,β-unsaturated/α-hetero) is 1. The summed E-state index contributed by atoms with van der Waals surface area (Å²) < 4.78 is 18.5. The molecule has 0 amide bonds. The van der Waals surface area contributed by atoms with E-state index in [1.165, 1.54) is 6.92 Å². The number of unbranched alkanes of at least 4 members (excludes halogenated alkanes) is 3. The van der Waals surface area contributed by atoms with Crippen molar-refractivity contribution in [1.29, 1.82) is 0 Å². The van der Waals surface area contributed by atoms with Gasteiger partial charge in [-0.15, -0.1) is 0 Å². The molecule has 0 aromatic heterocycles. The van der Waals surface area contributed by atoms with Crippen LogP contribution in [0.1, 0.15) is 72.6 Å². The van der Waals surface area contributed by atoms with Crippen LogP contribution in [-0.4, -0.2) is 45.3 Å². The van der Waals surface area contributed by atoms with E-state index in [1.54, 1.807) is 0 Å². The Bertz CT molecular complexity index is 339. The Kier molecular flexibility index (Phi) is 15.9. The van der Waals surface area contributed by atoms with Crippen molar-refractivity contribution >= 4 is 31.5 Å². The molecule has 0 radical (unpaired) electrons. The number of hydrogen-bond acceptors (Lipinski definition) is 6. The molecule has 148 valence electrons. The van der Waals surface area contributed by atoms with E-state index < -0.39 is 14.6 Å². The van der Waals surface area contributed by atoms with Crippen molar-refractivity contribution in [2.24, 2.45) is 0 Å². The third-order valence-corrected chi connectivity index (χ3v) is 7.55. The second kappa shape index (κ2) is 16.0. The Morgan fingerprint density at radius 3 is 1.60 bits per heavy atom. The van der Waals surface area contributed by atoms with Crippen molar-refractivity contribution in [3.63, 3.8) is 0 Å². The highest BCUT2D eigenvalue weighted by atomic mass is 32.2. The van der Waals surface area contributed by atoms with Crippen LogP contribution in [0, 0.1) is 0 Å². The average Bonchev–Trinajstić information content (AvgIpc) is 2.59. The fourth-order valence-corrected chi connectivity index (χ4v) is 5.61. The first-order valence-corrected chi connectivity index (χ1v) is 12.5. The van der Waals surface area contributed by atoms with E-state index in [2.05, 4.69) is 20.8 Å². The van der Waals surface area contributed by atoms with Crippen molar-refractivity contribution < 1.29 is 22.9 Å². The van der Waals surface area contributed by atoms with Gasteiger partial charge in [-0.05, 0) is 25.7 Å². The number of carbonyl (C=O) groups excluding carboxylic acids is 2. The van der Waals surface area contributed by atoms with Crippen LogP contribution in [0.25, 0.3) is 0 Å². The van der Waals surface area contributed by atoms with Crippen molar-refractivity contribution in [3.8, 4) is 0 Å². The Morgan fingerprint density at radius 1 is 0.800 bits per heavy atom. The molecule has 0 fully saturated rings. The van der Waals surface area contributed by atoms with Crippen molar-refractivity contribution in [2.45, 2.75) is 78.7 Å². The molecule has 0 bridgehead atoms. The first-order chi connectivity index (χ1) is 12.0. The van der Waals surface area contributed by atoms with E-state index >= 15 is 0 Å². The summed E-state index contributed by atoms with van der Waals surface area (Å²) in [7, 11) is -2.72. The zero-order chi connectivity index (χ0) is 19.0. The normalized spacial score (nSPS) is 11.7. The average molecular weight is 393 g/mol. The second-order valence-corrected chi connectivity index (χ2v) is 9.88. The molecule has 7 heteroatoms. The van der Waals surface area contributed by atoms with Crippen LogP contribution >= 0.6 is 11.8 Å². The molecular weight excluding hydrogens is 356 g/mol. The Labute approximate surface area is 158 Å². The van der Waals surface area contributed by atoms with Gasteiger partial charge >= 0.3 is 8.80 Å². The topological polar surface area (TPSA) is 61.8 Å². The first kappa shape index (κ1) is 24.8. The molecule has 0 aliphatic rings. The molecule has 0 spiro atoms. The molecule has 5 nitrogen and oxygen atoms in total. The summed E-state index contributed by atoms with van der Waals surface area (Å²) >= 11 is 1.08. The summed E-state index contributed by atoms with van der Waals surface area (Å²) in [5.74, 6) is 0.199. The van der Waals surface area contributed by atoms with Gasteiger partial charge in [0.05, 0.1) is 0 Å². The highest BCUT2D eigenvalue weighted by molar-refractivity contribution is 8.15. The highest BCUT2D eigenvalue weighted by Crippen LogP contribution is 2.22. The molecular formula is C18H36O5SSi. The molecule has 0 aliphatic carbocycles. The molecule has 0 saturated heterocycles. The van der Waals surface area contributed by atoms with E-state index in [1.807, 2.05) is 0 Å². The zero-order valence-corrected chi connectivity index (χ0v) is 18.3. The molecule has 0 aliphatic heterocycles. The van der Waals surface area contributed by atoms with Crippen LogP contribution in [0.5, 0.6) is 0 Å². The first-order valence-electron chi connectivity index (χ1n) is 9.60. The number of ketones is 1. The molecule has 25 heavy (non-hydrogen) atoms. The van der Waals surface area contributed by atoms with Gasteiger partial charge in [0, 0.05) is 38.5 Å². The van der Waals surface area contributed by atoms with Gasteiger partial charge in [-0.1, -0.05) is 51.8 Å². The van der Waals surface area contributed by atoms with Crippen LogP contribution in [0.4, 0.5) is 0 Å². The van der Waals surface area contributed by atoms with Crippen molar-refractivity contribution in [2.75, 3.05) is 25.6 Å². The summed E-state index contributed by atoms with van der Waals surface area (Å²) in [6.45, 7) is 9.66. The third-order valence-electron chi connectivity index (χ3n) is 3.61. The monoisotopic (exact) mass is 392 g/mol. The minimum Gasteiger partial charge on any atom is -0.373 e. The van der Waals surface area contributed by atoms with E-state index in [9.17, 15) is 9.59 Å². The quantitative estimate of drug-likeness (QED) is 0.205. The van der Waals surface area contributed by atoms with Crippen molar-refractivity contribution in [3.05, 3.63) is 0 Å². The lowest BCUT2D eigenvalue weighted by Gasteiger charge is -2.30. The van der Waals surface area contributed by atoms with Crippen LogP contribution < -0.4 is 0 Å². The Morgan fingerprint density at radius 2 is 1.24 bits per heavy atom. The maximum absolute atomic E-state index is 11.4. The Hall–Kier alpha value is -0.213. The van der Waals surface area contributed by atoms with Gasteiger partial charge in [-0.3, -0.25) is 9.59 Å². The van der Waals surface area contributed by atoms with Crippen LogP contribution in [0.2, 0.25) is 6.04 Å². The summed E-state index contributed by atoms with van der Waals surface area (Å²) in [5, 5.41) is -0.377. The standard InChI is InChI=1S/C18H36O5SSi/c1-5-8-12-21-25(22-13-9-6-2,23-14-10-7-3)16-11-15-24-18(20)17(4)19/h5-16H2,1-4H3. The maximum atomic E-state index is 11.4. The van der Waals surface area contributed by atoms with Gasteiger partial charge in [-0.25, -0.2) is 0 Å². The number of thioether (sulfide) groups is 1. The van der Waals surface area contributed by atoms with E-state index in [4.69, 9.17) is 13.3 Å². The largest absolute Gasteiger partial charge is 0.500 e. The summed E-state index contributed by atoms with van der Waals surface area (Å²) in [6, 6.07) is 0.697. The number of hydrogen-bond donors (Lipinski definition) is 0. The predicted molar refractivity (Wildman–Crippen MR) is 106 cm³/mol. The van der Waals surface area contributed by atoms with Crippen LogP contribution in [0.3, 0.4) is 0 Å². The van der Waals surface area contributed by atoms with E-state index in [0.29, 0.717) is 31.6 Å². The number of rotatable bonds is 17. The maximum Gasteiger partial charge on any atom is 0.500 e. The van der Waals surface area contributed by atoms with Gasteiger partial charge in [-0.2, -0.15) is 0 Å². The van der Waals surface area contributed by atoms with E-state index in [-0.39, 0.29) is 5.12 Å². The molecule has 0 aromatic carbocycles. The smallest absolute Gasteiger partial charge is 0.373 e. The third kappa shape index (κ3) is 12.7. The van der Waals surface area contributed by atoms with E-state index in [0.717, 1.165) is 56.7 Å². The van der Waals surface area contributed by atoms with Gasteiger partial charge in [0.2, 0.25) is 5.78 Å². The Balaban J connectivity index is 4.68. The van der Waals surface area contributed by atoms with Crippen molar-refractivity contribution in [1.82, 2.24) is 0 Å². The van der Waals surface area contributed by atoms with Gasteiger partial charge in [0.1, 0.15) is 0 Å². The molecule has 0 N–H and O–H groups in total. The summed E-state index contributed by atoms with van der Waals surface area (Å²) in [4.78, 5) is 22.5. The fraction of sp³-hybridized carbons (Fsp3) is 0.889. The van der Waals surface area contributed by atoms with Crippen LogP contribution in [0.15, 0.2) is 0 Å². The van der Waals surface area contributed by atoms with Gasteiger partial charge in [0.25, 0.3) is 5.12 Å². The van der Waals surface area contributed by atoms with Crippen LogP contribution in [-0.2, 0) is 22.9 Å². The highest BCUT2D eigenvalue weighted by Gasteiger charge is 2.40. The fourth-order valence-electron chi connectivity index (χ4n) is 2.01. The molecule has 0 aromatic rings. The lowest BCUT2D eigenvalue weighted by atomic mass is 10.4. The summed E-state index contributed by atoms with van der Waals surface area (Å²) in [6.07, 6.45) is 6.91. The molecule has 0 atom stereocenters. The second-order valence-electron chi connectivity index (χ2n) is 6.08. The lowest BCUT2D eigenvalue weighted by molar-refractivity contribution is -0.130. The predicted octanol–water partition coefficient (Wildman–Crippen LogP) is 4.61. The minimum absolute atomic E-state index is 0.377. The molecule has 0 unspecified atom stereocenters. The molecule has 0 rings (SSSR count). The zero-order valence-electron chi connectivity index (χ0n) is 16.4. The number of carbonyl (C=O) groups is 2.